The number of nitrogens with one attached hydrogen (secondary N) is 2. The molecule has 0 saturated heterocycles. The van der Waals surface area contributed by atoms with Gasteiger partial charge >= 0.3 is 0 Å². The highest BCUT2D eigenvalue weighted by molar-refractivity contribution is 5.93. The second-order valence-electron chi connectivity index (χ2n) is 3.45. The van der Waals surface area contributed by atoms with Crippen molar-refractivity contribution in [2.45, 2.75) is 32.4 Å². The lowest BCUT2D eigenvalue weighted by atomic mass is 10.1. The molecule has 5 nitrogen and oxygen atoms in total. The summed E-state index contributed by atoms with van der Waals surface area (Å²) in [4.78, 5) is 11.4. The van der Waals surface area contributed by atoms with Crippen LogP contribution in [0.1, 0.15) is 30.6 Å². The number of hydrogen-bond acceptors (Lipinski definition) is 3. The number of carbonyl (C=O) groups excluding carboxylic acids is 1. The maximum atomic E-state index is 11.4. The van der Waals surface area contributed by atoms with Crippen LogP contribution in [0, 0.1) is 0 Å². The van der Waals surface area contributed by atoms with Crippen LogP contribution in [0.15, 0.2) is 12.4 Å². The molecule has 1 heterocycles. The van der Waals surface area contributed by atoms with E-state index in [1.165, 1.54) is 12.4 Å². The zero-order valence-corrected chi connectivity index (χ0v) is 8.32. The molecule has 78 valence electrons. The second kappa shape index (κ2) is 4.76. The first-order valence-electron chi connectivity index (χ1n) is 4.57. The lowest BCUT2D eigenvalue weighted by molar-refractivity contribution is 0.0923. The lowest BCUT2D eigenvalue weighted by Gasteiger charge is -2.14. The molecule has 3 N–H and O–H groups in total. The molecule has 2 atom stereocenters. The van der Waals surface area contributed by atoms with Crippen molar-refractivity contribution >= 4 is 5.91 Å². The Morgan fingerprint density at radius 2 is 2.43 bits per heavy atom. The standard InChI is InChI=1S/C9H15N3O2/c1-6(3-7(2)13)12-9(14)8-4-10-11-5-8/h4-7,13H,3H2,1-2H3,(H,10,11)(H,12,14). The smallest absolute Gasteiger partial charge is 0.254 e. The minimum atomic E-state index is -0.408. The third kappa shape index (κ3) is 3.18. The van der Waals surface area contributed by atoms with Crippen LogP contribution >= 0.6 is 0 Å². The molecule has 0 bridgehead atoms. The normalized spacial score (nSPS) is 14.8. The monoisotopic (exact) mass is 197 g/mol. The van der Waals surface area contributed by atoms with Crippen LogP contribution in [-0.2, 0) is 0 Å². The average Bonchev–Trinajstić information content (AvgIpc) is 2.53. The van der Waals surface area contributed by atoms with E-state index in [4.69, 9.17) is 5.11 Å². The van der Waals surface area contributed by atoms with E-state index >= 15 is 0 Å². The first-order valence-corrected chi connectivity index (χ1v) is 4.57. The third-order valence-corrected chi connectivity index (χ3v) is 1.83. The number of rotatable bonds is 4. The van der Waals surface area contributed by atoms with Crippen LogP contribution < -0.4 is 5.32 Å². The van der Waals surface area contributed by atoms with E-state index in [1.807, 2.05) is 6.92 Å². The minimum Gasteiger partial charge on any atom is -0.393 e. The number of H-pyrrole nitrogens is 1. The molecule has 0 radical (unpaired) electrons. The fourth-order valence-corrected chi connectivity index (χ4v) is 1.25. The van der Waals surface area contributed by atoms with Gasteiger partial charge in [0.05, 0.1) is 17.9 Å². The highest BCUT2D eigenvalue weighted by atomic mass is 16.3. The van der Waals surface area contributed by atoms with Gasteiger partial charge in [-0.15, -0.1) is 0 Å². The molecule has 1 aromatic rings. The van der Waals surface area contributed by atoms with Crippen molar-refractivity contribution in [3.63, 3.8) is 0 Å². The summed E-state index contributed by atoms with van der Waals surface area (Å²) in [5.74, 6) is -0.174. The predicted molar refractivity (Wildman–Crippen MR) is 51.8 cm³/mol. The summed E-state index contributed by atoms with van der Waals surface area (Å²) in [5, 5.41) is 18.1. The SMILES string of the molecule is CC(O)CC(C)NC(=O)c1cn[nH]c1. The summed E-state index contributed by atoms with van der Waals surface area (Å²) in [6.07, 6.45) is 3.13. The molecule has 2 unspecified atom stereocenters. The van der Waals surface area contributed by atoms with Gasteiger partial charge in [0.1, 0.15) is 0 Å². The van der Waals surface area contributed by atoms with Gasteiger partial charge in [0.15, 0.2) is 0 Å². The van der Waals surface area contributed by atoms with Crippen molar-refractivity contribution in [3.8, 4) is 0 Å². The number of aliphatic hydroxyl groups excluding tert-OH is 1. The Morgan fingerprint density at radius 3 is 2.93 bits per heavy atom. The Balaban J connectivity index is 2.41. The summed E-state index contributed by atoms with van der Waals surface area (Å²) in [6.45, 7) is 3.55. The summed E-state index contributed by atoms with van der Waals surface area (Å²) < 4.78 is 0. The molecule has 0 spiro atoms. The molecule has 0 fully saturated rings. The van der Waals surface area contributed by atoms with Crippen LogP contribution in [0.25, 0.3) is 0 Å². The second-order valence-corrected chi connectivity index (χ2v) is 3.45. The molecule has 0 aromatic carbocycles. The van der Waals surface area contributed by atoms with Gasteiger partial charge in [-0.3, -0.25) is 9.89 Å². The van der Waals surface area contributed by atoms with E-state index in [1.54, 1.807) is 6.92 Å². The fraction of sp³-hybridized carbons (Fsp3) is 0.556. The summed E-state index contributed by atoms with van der Waals surface area (Å²) in [7, 11) is 0. The van der Waals surface area contributed by atoms with Gasteiger partial charge in [0.2, 0.25) is 0 Å². The minimum absolute atomic E-state index is 0.0441. The number of carbonyl (C=O) groups is 1. The molecule has 1 amide bonds. The average molecular weight is 197 g/mol. The topological polar surface area (TPSA) is 78.0 Å². The Morgan fingerprint density at radius 1 is 1.71 bits per heavy atom. The number of aromatic amines is 1. The largest absolute Gasteiger partial charge is 0.393 e. The van der Waals surface area contributed by atoms with Gasteiger partial charge in [-0.05, 0) is 20.3 Å². The van der Waals surface area contributed by atoms with Crippen molar-refractivity contribution in [2.75, 3.05) is 0 Å². The summed E-state index contributed by atoms with van der Waals surface area (Å²) >= 11 is 0. The van der Waals surface area contributed by atoms with Crippen LogP contribution in [-0.4, -0.2) is 33.4 Å². The molecular weight excluding hydrogens is 182 g/mol. The van der Waals surface area contributed by atoms with Gasteiger partial charge in [-0.2, -0.15) is 5.10 Å². The molecule has 0 aliphatic carbocycles. The van der Waals surface area contributed by atoms with E-state index in [0.29, 0.717) is 12.0 Å². The van der Waals surface area contributed by atoms with Crippen molar-refractivity contribution in [2.24, 2.45) is 0 Å². The number of nitrogens with zero attached hydrogens (tertiary/aromatic N) is 1. The molecule has 0 saturated carbocycles. The fourth-order valence-electron chi connectivity index (χ4n) is 1.25. The van der Waals surface area contributed by atoms with Crippen LogP contribution in [0.3, 0.4) is 0 Å². The Bertz CT molecular complexity index is 282. The van der Waals surface area contributed by atoms with Crippen molar-refractivity contribution < 1.29 is 9.90 Å². The Hall–Kier alpha value is -1.36. The first-order chi connectivity index (χ1) is 6.59. The Labute approximate surface area is 82.5 Å². The van der Waals surface area contributed by atoms with Gasteiger partial charge in [0, 0.05) is 12.2 Å². The van der Waals surface area contributed by atoms with E-state index in [2.05, 4.69) is 15.5 Å². The van der Waals surface area contributed by atoms with Gasteiger partial charge < -0.3 is 10.4 Å². The van der Waals surface area contributed by atoms with E-state index < -0.39 is 6.10 Å². The quantitative estimate of drug-likeness (QED) is 0.649. The molecule has 14 heavy (non-hydrogen) atoms. The summed E-state index contributed by atoms with van der Waals surface area (Å²) in [6, 6.07) is -0.0441. The predicted octanol–water partition coefficient (Wildman–Crippen LogP) is 0.299. The molecule has 0 aliphatic heterocycles. The first kappa shape index (κ1) is 10.7. The highest BCUT2D eigenvalue weighted by Crippen LogP contribution is 1.99. The van der Waals surface area contributed by atoms with Gasteiger partial charge in [-0.25, -0.2) is 0 Å². The number of hydrogen-bond donors (Lipinski definition) is 3. The third-order valence-electron chi connectivity index (χ3n) is 1.83. The molecule has 0 aliphatic rings. The number of aromatic nitrogens is 2. The van der Waals surface area contributed by atoms with E-state index in [-0.39, 0.29) is 11.9 Å². The maximum Gasteiger partial charge on any atom is 0.254 e. The Kier molecular flexibility index (Phi) is 3.64. The van der Waals surface area contributed by atoms with Crippen molar-refractivity contribution in [3.05, 3.63) is 18.0 Å². The van der Waals surface area contributed by atoms with Crippen LogP contribution in [0.5, 0.6) is 0 Å². The molecule has 1 rings (SSSR count). The summed E-state index contributed by atoms with van der Waals surface area (Å²) in [5.41, 5.74) is 0.502. The molecular formula is C9H15N3O2. The van der Waals surface area contributed by atoms with Crippen molar-refractivity contribution in [1.82, 2.24) is 15.5 Å². The van der Waals surface area contributed by atoms with E-state index in [9.17, 15) is 4.79 Å². The number of aliphatic hydroxyl groups is 1. The zero-order valence-electron chi connectivity index (χ0n) is 8.32. The van der Waals surface area contributed by atoms with Gasteiger partial charge in [-0.1, -0.05) is 0 Å². The zero-order chi connectivity index (χ0) is 10.6. The van der Waals surface area contributed by atoms with Gasteiger partial charge in [0.25, 0.3) is 5.91 Å². The number of amides is 1. The van der Waals surface area contributed by atoms with Crippen LogP contribution in [0.2, 0.25) is 0 Å². The maximum absolute atomic E-state index is 11.4. The highest BCUT2D eigenvalue weighted by Gasteiger charge is 2.11. The van der Waals surface area contributed by atoms with Crippen molar-refractivity contribution in [1.29, 1.82) is 0 Å². The molecule has 5 heteroatoms. The molecule has 1 aromatic heterocycles. The van der Waals surface area contributed by atoms with Crippen LogP contribution in [0.4, 0.5) is 0 Å². The van der Waals surface area contributed by atoms with E-state index in [0.717, 1.165) is 0 Å². The lowest BCUT2D eigenvalue weighted by Crippen LogP contribution is -2.34.